The smallest absolute Gasteiger partial charge is 0.406 e. The van der Waals surface area contributed by atoms with Crippen molar-refractivity contribution in [1.29, 1.82) is 0 Å². The summed E-state index contributed by atoms with van der Waals surface area (Å²) >= 11 is 12.4. The molecule has 5 rings (SSSR count). The Bertz CT molecular complexity index is 1520. The summed E-state index contributed by atoms with van der Waals surface area (Å²) in [6.07, 6.45) is -1.81. The lowest BCUT2D eigenvalue weighted by Crippen LogP contribution is -2.47. The molecule has 0 aromatic heterocycles. The topological polar surface area (TPSA) is 44.8 Å². The molecule has 2 heterocycles. The predicted molar refractivity (Wildman–Crippen MR) is 165 cm³/mol. The van der Waals surface area contributed by atoms with E-state index in [9.17, 15) is 22.4 Å². The highest BCUT2D eigenvalue weighted by Crippen LogP contribution is 2.49. The van der Waals surface area contributed by atoms with Crippen LogP contribution in [0, 0.1) is 5.82 Å². The van der Waals surface area contributed by atoms with Crippen molar-refractivity contribution in [2.75, 3.05) is 31.6 Å². The molecule has 1 atom stereocenters. The number of halogens is 6. The lowest BCUT2D eigenvalue weighted by molar-refractivity contribution is -0.274. The number of hydrogen-bond acceptors (Lipinski definition) is 4. The first kappa shape index (κ1) is 32.1. The molecule has 1 unspecified atom stereocenters. The van der Waals surface area contributed by atoms with E-state index in [1.165, 1.54) is 30.3 Å². The zero-order valence-corrected chi connectivity index (χ0v) is 25.7. The number of fused-ring (bicyclic) bond motifs is 2. The second-order valence-electron chi connectivity index (χ2n) is 11.5. The molecule has 1 amide bonds. The van der Waals surface area contributed by atoms with Crippen molar-refractivity contribution in [1.82, 2.24) is 10.2 Å². The molecule has 44 heavy (non-hydrogen) atoms. The van der Waals surface area contributed by atoms with Gasteiger partial charge in [-0.3, -0.25) is 4.79 Å². The number of benzene rings is 3. The van der Waals surface area contributed by atoms with E-state index in [2.05, 4.69) is 21.5 Å². The number of ether oxygens (including phenoxy) is 1. The maximum absolute atomic E-state index is 14.3. The number of allylic oxidation sites excluding steroid dienone is 1. The first-order chi connectivity index (χ1) is 20.8. The highest BCUT2D eigenvalue weighted by molar-refractivity contribution is 6.42. The number of rotatable bonds is 8. The van der Waals surface area contributed by atoms with Gasteiger partial charge in [-0.25, -0.2) is 4.39 Å². The van der Waals surface area contributed by atoms with E-state index in [-0.39, 0.29) is 29.4 Å². The Morgan fingerprint density at radius 2 is 1.75 bits per heavy atom. The molecule has 234 valence electrons. The van der Waals surface area contributed by atoms with Gasteiger partial charge in [-0.05, 0) is 104 Å². The lowest BCUT2D eigenvalue weighted by atomic mass is 9.67. The number of hydrogen-bond donors (Lipinski definition) is 1. The maximum atomic E-state index is 14.3. The normalized spacial score (nSPS) is 17.3. The van der Waals surface area contributed by atoms with Crippen LogP contribution in [0.25, 0.3) is 0 Å². The molecule has 2 aliphatic rings. The van der Waals surface area contributed by atoms with Crippen molar-refractivity contribution >= 4 is 34.8 Å². The number of alkyl halides is 3. The van der Waals surface area contributed by atoms with E-state index in [1.807, 2.05) is 18.0 Å². The fraction of sp³-hybridized carbons (Fsp3) is 0.364. The maximum Gasteiger partial charge on any atom is 0.573 e. The van der Waals surface area contributed by atoms with Crippen molar-refractivity contribution in [2.24, 2.45) is 0 Å². The van der Waals surface area contributed by atoms with E-state index in [0.717, 1.165) is 54.9 Å². The molecule has 11 heteroatoms. The van der Waals surface area contributed by atoms with Gasteiger partial charge in [0.05, 0.1) is 16.0 Å². The summed E-state index contributed by atoms with van der Waals surface area (Å²) in [6.45, 7) is 6.62. The Balaban J connectivity index is 1.25. The third-order valence-corrected chi connectivity index (χ3v) is 9.48. The van der Waals surface area contributed by atoms with E-state index >= 15 is 0 Å². The summed E-state index contributed by atoms with van der Waals surface area (Å²) in [4.78, 5) is 17.9. The molecule has 3 aromatic rings. The Labute approximate surface area is 264 Å². The van der Waals surface area contributed by atoms with Crippen LogP contribution in [-0.4, -0.2) is 43.9 Å². The number of amides is 1. The quantitative estimate of drug-likeness (QED) is 0.250. The minimum Gasteiger partial charge on any atom is -0.406 e. The van der Waals surface area contributed by atoms with Gasteiger partial charge in [0.25, 0.3) is 0 Å². The van der Waals surface area contributed by atoms with Crippen molar-refractivity contribution in [3.05, 3.63) is 105 Å². The summed E-state index contributed by atoms with van der Waals surface area (Å²) in [7, 11) is 1.96. The number of nitrogens with one attached hydrogen (secondary N) is 1. The first-order valence-corrected chi connectivity index (χ1v) is 15.1. The van der Waals surface area contributed by atoms with Crippen LogP contribution >= 0.6 is 23.2 Å². The van der Waals surface area contributed by atoms with Crippen LogP contribution in [0.1, 0.15) is 48.3 Å². The standard InChI is InChI=1S/C33H33Cl2F4N3O2/c1-21-19-32(27-18-24(36)6-10-30(27)41(21)2)12-15-42(16-13-32)14-11-26(23-5-9-28(34)29(35)17-23)31(43)40-20-22-3-7-25(8-4-22)44-33(37,38)39/h3-10,17-18,26H,1,11-16,19-20H2,2H3,(H,40,43). The zero-order chi connectivity index (χ0) is 31.6. The molecule has 1 saturated heterocycles. The van der Waals surface area contributed by atoms with Gasteiger partial charge in [0.1, 0.15) is 11.6 Å². The number of carbonyl (C=O) groups is 1. The third-order valence-electron chi connectivity index (χ3n) is 8.74. The SMILES string of the molecule is C=C1CC2(CCN(CCC(C(=O)NCc3ccc(OC(F)(F)F)cc3)c3ccc(Cl)c(Cl)c3)CC2)c2cc(F)ccc2N1C. The minimum atomic E-state index is -4.78. The average Bonchev–Trinajstić information content (AvgIpc) is 2.97. The van der Waals surface area contributed by atoms with E-state index < -0.39 is 12.3 Å². The van der Waals surface area contributed by atoms with Gasteiger partial charge in [-0.1, -0.05) is 48.0 Å². The Kier molecular flexibility index (Phi) is 9.49. The Morgan fingerprint density at radius 3 is 2.41 bits per heavy atom. The Morgan fingerprint density at radius 1 is 1.05 bits per heavy atom. The minimum absolute atomic E-state index is 0.128. The summed E-state index contributed by atoms with van der Waals surface area (Å²) in [5.41, 5.74) is 4.19. The molecule has 1 spiro atoms. The van der Waals surface area contributed by atoms with E-state index in [1.54, 1.807) is 24.3 Å². The van der Waals surface area contributed by atoms with Gasteiger partial charge < -0.3 is 19.9 Å². The van der Waals surface area contributed by atoms with E-state index in [4.69, 9.17) is 23.2 Å². The predicted octanol–water partition coefficient (Wildman–Crippen LogP) is 8.21. The van der Waals surface area contributed by atoms with Gasteiger partial charge in [0.15, 0.2) is 0 Å². The van der Waals surface area contributed by atoms with Crippen molar-refractivity contribution in [3.63, 3.8) is 0 Å². The molecule has 2 aliphatic heterocycles. The highest BCUT2D eigenvalue weighted by Gasteiger charge is 2.42. The fourth-order valence-electron chi connectivity index (χ4n) is 6.26. The fourth-order valence-corrected chi connectivity index (χ4v) is 6.57. The van der Waals surface area contributed by atoms with Crippen LogP contribution in [0.3, 0.4) is 0 Å². The van der Waals surface area contributed by atoms with Crippen molar-refractivity contribution in [2.45, 2.75) is 49.9 Å². The summed E-state index contributed by atoms with van der Waals surface area (Å²) in [5, 5.41) is 3.64. The van der Waals surface area contributed by atoms with Gasteiger partial charge >= 0.3 is 6.36 Å². The first-order valence-electron chi connectivity index (χ1n) is 14.3. The number of likely N-dealkylation sites (tertiary alicyclic amines) is 1. The molecular weight excluding hydrogens is 617 g/mol. The molecule has 1 fully saturated rings. The van der Waals surface area contributed by atoms with Crippen LogP contribution in [-0.2, 0) is 16.8 Å². The van der Waals surface area contributed by atoms with Crippen LogP contribution in [0.2, 0.25) is 10.0 Å². The molecule has 5 nitrogen and oxygen atoms in total. The zero-order valence-electron chi connectivity index (χ0n) is 24.2. The molecular formula is C33H33Cl2F4N3O2. The van der Waals surface area contributed by atoms with Gasteiger partial charge in [-0.2, -0.15) is 0 Å². The molecule has 0 bridgehead atoms. The molecule has 0 radical (unpaired) electrons. The third kappa shape index (κ3) is 7.33. The van der Waals surface area contributed by atoms with Crippen molar-refractivity contribution < 1.29 is 27.1 Å². The number of nitrogens with zero attached hydrogens (tertiary/aromatic N) is 2. The van der Waals surface area contributed by atoms with Crippen LogP contribution in [0.5, 0.6) is 5.75 Å². The van der Waals surface area contributed by atoms with Gasteiger partial charge in [0.2, 0.25) is 5.91 Å². The van der Waals surface area contributed by atoms with Gasteiger partial charge in [0, 0.05) is 30.4 Å². The van der Waals surface area contributed by atoms with Crippen molar-refractivity contribution in [3.8, 4) is 5.75 Å². The van der Waals surface area contributed by atoms with Gasteiger partial charge in [-0.15, -0.1) is 13.2 Å². The monoisotopic (exact) mass is 649 g/mol. The molecule has 1 N–H and O–H groups in total. The van der Waals surface area contributed by atoms with Crippen LogP contribution < -0.4 is 15.0 Å². The van der Waals surface area contributed by atoms with E-state index in [0.29, 0.717) is 28.6 Å². The summed E-state index contributed by atoms with van der Waals surface area (Å²) < 4.78 is 55.7. The second kappa shape index (κ2) is 13.0. The number of anilines is 1. The molecule has 0 saturated carbocycles. The molecule has 3 aromatic carbocycles. The molecule has 0 aliphatic carbocycles. The largest absolute Gasteiger partial charge is 0.573 e. The second-order valence-corrected chi connectivity index (χ2v) is 12.3. The average molecular weight is 651 g/mol. The van der Waals surface area contributed by atoms with Crippen LogP contribution in [0.4, 0.5) is 23.2 Å². The summed E-state index contributed by atoms with van der Waals surface area (Å²) in [6, 6.07) is 15.5. The summed E-state index contributed by atoms with van der Waals surface area (Å²) in [5.74, 6) is -1.34. The highest BCUT2D eigenvalue weighted by atomic mass is 35.5. The number of piperidine rings is 1. The number of carbonyl (C=O) groups excluding carboxylic acids is 1. The lowest BCUT2D eigenvalue weighted by Gasteiger charge is -2.48. The van der Waals surface area contributed by atoms with Crippen LogP contribution in [0.15, 0.2) is 72.9 Å². The Hall–Kier alpha value is -3.27.